The van der Waals surface area contributed by atoms with Crippen LogP contribution in [-0.2, 0) is 11.2 Å². The Hall–Kier alpha value is -0.710. The van der Waals surface area contributed by atoms with Crippen LogP contribution in [-0.4, -0.2) is 19.2 Å². The first-order chi connectivity index (χ1) is 14.7. The molecule has 172 valence electrons. The van der Waals surface area contributed by atoms with Crippen molar-refractivity contribution in [3.8, 4) is 5.75 Å². The van der Waals surface area contributed by atoms with Crippen LogP contribution in [0.1, 0.15) is 116 Å². The van der Waals surface area contributed by atoms with Crippen LogP contribution < -0.4 is 39.6 Å². The number of hydrogen-bond donors (Lipinski definition) is 1. The maximum atomic E-state index is 12.2. The van der Waals surface area contributed by atoms with Gasteiger partial charge in [0.25, 0.3) is 0 Å². The third kappa shape index (κ3) is 11.6. The summed E-state index contributed by atoms with van der Waals surface area (Å²) in [6.45, 7) is 5.76. The van der Waals surface area contributed by atoms with Crippen molar-refractivity contribution >= 4 is 6.09 Å². The number of nitrogens with one attached hydrogen (secondary N) is 1. The summed E-state index contributed by atoms with van der Waals surface area (Å²) < 4.78 is 11.6. The smallest absolute Gasteiger partial charge is 1.00 e. The van der Waals surface area contributed by atoms with Gasteiger partial charge in [0, 0.05) is 6.54 Å². The summed E-state index contributed by atoms with van der Waals surface area (Å²) in [5, 5.41) is 2.85. The summed E-state index contributed by atoms with van der Waals surface area (Å²) in [4.78, 5) is 12.2. The Morgan fingerprint density at radius 2 is 1.71 bits per heavy atom. The number of aryl methyl sites for hydroxylation is 1. The molecular formula is C26H44NNaO3. The number of ether oxygens (including phenoxy) is 2. The first-order valence-corrected chi connectivity index (χ1v) is 12.4. The molecule has 1 unspecified atom stereocenters. The van der Waals surface area contributed by atoms with Crippen molar-refractivity contribution in [2.75, 3.05) is 13.2 Å². The van der Waals surface area contributed by atoms with E-state index in [0.717, 1.165) is 50.0 Å². The van der Waals surface area contributed by atoms with E-state index in [9.17, 15) is 4.79 Å². The van der Waals surface area contributed by atoms with Gasteiger partial charge >= 0.3 is 35.7 Å². The predicted molar refractivity (Wildman–Crippen MR) is 125 cm³/mol. The molecule has 0 radical (unpaired) electrons. The van der Waals surface area contributed by atoms with Gasteiger partial charge in [0.2, 0.25) is 0 Å². The van der Waals surface area contributed by atoms with Gasteiger partial charge in [0.15, 0.2) is 0 Å². The molecule has 31 heavy (non-hydrogen) atoms. The first kappa shape index (κ1) is 28.3. The van der Waals surface area contributed by atoms with E-state index in [4.69, 9.17) is 9.47 Å². The Balaban J connectivity index is 0.00000480. The van der Waals surface area contributed by atoms with Crippen molar-refractivity contribution in [1.82, 2.24) is 5.32 Å². The number of carbonyl (C=O) groups is 1. The molecule has 0 saturated heterocycles. The molecule has 0 fully saturated rings. The van der Waals surface area contributed by atoms with Crippen molar-refractivity contribution in [3.63, 3.8) is 0 Å². The van der Waals surface area contributed by atoms with Crippen LogP contribution in [0.5, 0.6) is 5.75 Å². The summed E-state index contributed by atoms with van der Waals surface area (Å²) >= 11 is 0. The van der Waals surface area contributed by atoms with Gasteiger partial charge in [-0.3, -0.25) is 0 Å². The van der Waals surface area contributed by atoms with E-state index in [1.807, 2.05) is 13.0 Å². The molecule has 1 aliphatic heterocycles. The molecule has 1 aromatic rings. The number of unbranched alkanes of at least 4 members (excludes halogenated alkanes) is 9. The normalized spacial score (nSPS) is 13.5. The number of hydrogen-bond acceptors (Lipinski definition) is 3. The molecule has 2 rings (SSSR count). The fraction of sp³-hybridized carbons (Fsp3) is 0.731. The summed E-state index contributed by atoms with van der Waals surface area (Å²) in [5.41, 5.74) is 2.34. The zero-order chi connectivity index (χ0) is 21.4. The molecule has 1 amide bonds. The van der Waals surface area contributed by atoms with E-state index >= 15 is 0 Å². The number of alkyl carbamates (subject to hydrolysis) is 1. The number of carbonyl (C=O) groups excluding carboxylic acids is 1. The number of fused-ring (bicyclic) bond motifs is 1. The minimum atomic E-state index is -0.303. The Morgan fingerprint density at radius 1 is 1.03 bits per heavy atom. The van der Waals surface area contributed by atoms with E-state index in [1.54, 1.807) is 0 Å². The third-order valence-electron chi connectivity index (χ3n) is 5.89. The second-order valence-corrected chi connectivity index (χ2v) is 8.61. The number of rotatable bonds is 15. The van der Waals surface area contributed by atoms with Gasteiger partial charge in [-0.25, -0.2) is 4.79 Å². The average molecular weight is 442 g/mol. The minimum Gasteiger partial charge on any atom is -1.00 e. The standard InChI is InChI=1S/C26H43NO3.Na.H/c1-3-5-6-7-8-9-10-11-12-13-16-25(30-26(28)27-19-4-2)23-17-18-24-22(21-23)15-14-20-29-24;;/h17-18,21,25H,3-16,19-20H2,1-2H3,(H,27,28);;/q;+1;-1. The molecule has 4 nitrogen and oxygen atoms in total. The molecule has 1 N–H and O–H groups in total. The Bertz CT molecular complexity index is 615. The van der Waals surface area contributed by atoms with Crippen LogP contribution in [0.3, 0.4) is 0 Å². The van der Waals surface area contributed by atoms with Crippen molar-refractivity contribution in [1.29, 1.82) is 0 Å². The van der Waals surface area contributed by atoms with Crippen molar-refractivity contribution in [3.05, 3.63) is 29.3 Å². The Kier molecular flexibility index (Phi) is 16.3. The molecule has 5 heteroatoms. The summed E-state index contributed by atoms with van der Waals surface area (Å²) in [6, 6.07) is 6.30. The minimum absolute atomic E-state index is 0. The van der Waals surface area contributed by atoms with Gasteiger partial charge in [0.05, 0.1) is 6.61 Å². The van der Waals surface area contributed by atoms with Crippen LogP contribution >= 0.6 is 0 Å². The topological polar surface area (TPSA) is 47.6 Å². The molecule has 1 atom stereocenters. The molecule has 1 aliphatic rings. The fourth-order valence-corrected chi connectivity index (χ4v) is 4.09. The molecular weight excluding hydrogens is 397 g/mol. The predicted octanol–water partition coefficient (Wildman–Crippen LogP) is 4.62. The van der Waals surface area contributed by atoms with E-state index in [0.29, 0.717) is 6.54 Å². The van der Waals surface area contributed by atoms with Crippen LogP contribution in [0.15, 0.2) is 18.2 Å². The zero-order valence-electron chi connectivity index (χ0n) is 21.3. The van der Waals surface area contributed by atoms with Gasteiger partial charge in [0.1, 0.15) is 11.9 Å². The van der Waals surface area contributed by atoms with Gasteiger partial charge in [-0.1, -0.05) is 77.7 Å². The van der Waals surface area contributed by atoms with Gasteiger partial charge in [-0.2, -0.15) is 0 Å². The summed E-state index contributed by atoms with van der Waals surface area (Å²) in [5.74, 6) is 0.984. The van der Waals surface area contributed by atoms with Crippen LogP contribution in [0, 0.1) is 0 Å². The first-order valence-electron chi connectivity index (χ1n) is 12.4. The fourth-order valence-electron chi connectivity index (χ4n) is 4.09. The van der Waals surface area contributed by atoms with Gasteiger partial charge in [-0.05, 0) is 55.4 Å². The van der Waals surface area contributed by atoms with Gasteiger partial charge in [-0.15, -0.1) is 0 Å². The van der Waals surface area contributed by atoms with Crippen molar-refractivity contribution in [2.24, 2.45) is 0 Å². The van der Waals surface area contributed by atoms with Crippen LogP contribution in [0.25, 0.3) is 0 Å². The summed E-state index contributed by atoms with van der Waals surface area (Å²) in [6.07, 6.45) is 16.5. The maximum Gasteiger partial charge on any atom is 1.00 e. The Morgan fingerprint density at radius 3 is 2.39 bits per heavy atom. The van der Waals surface area contributed by atoms with E-state index < -0.39 is 0 Å². The quantitative estimate of drug-likeness (QED) is 0.319. The van der Waals surface area contributed by atoms with Crippen LogP contribution in [0.2, 0.25) is 0 Å². The zero-order valence-corrected chi connectivity index (χ0v) is 22.3. The molecule has 0 bridgehead atoms. The molecule has 0 aromatic heterocycles. The van der Waals surface area contributed by atoms with Crippen molar-refractivity contribution in [2.45, 2.75) is 110 Å². The van der Waals surface area contributed by atoms with Gasteiger partial charge < -0.3 is 16.2 Å². The van der Waals surface area contributed by atoms with E-state index in [-0.39, 0.29) is 43.2 Å². The number of benzene rings is 1. The molecule has 0 aliphatic carbocycles. The van der Waals surface area contributed by atoms with E-state index in [2.05, 4.69) is 24.4 Å². The SMILES string of the molecule is CCCCCCCCCCCCC(OC(=O)NCCC)c1ccc2c(c1)CCCO2.[H-].[Na+]. The van der Waals surface area contributed by atoms with E-state index in [1.165, 1.54) is 63.4 Å². The second kappa shape index (κ2) is 17.8. The largest absolute Gasteiger partial charge is 1.00 e. The maximum absolute atomic E-state index is 12.2. The van der Waals surface area contributed by atoms with Crippen LogP contribution in [0.4, 0.5) is 4.79 Å². The second-order valence-electron chi connectivity index (χ2n) is 8.61. The molecule has 0 saturated carbocycles. The number of amides is 1. The van der Waals surface area contributed by atoms with Crippen molar-refractivity contribution < 1.29 is 45.3 Å². The monoisotopic (exact) mass is 441 g/mol. The molecule has 1 aromatic carbocycles. The third-order valence-corrected chi connectivity index (χ3v) is 5.89. The molecule has 1 heterocycles. The Labute approximate surface area is 214 Å². The molecule has 0 spiro atoms. The average Bonchev–Trinajstić information content (AvgIpc) is 2.77. The summed E-state index contributed by atoms with van der Waals surface area (Å²) in [7, 11) is 0.